The maximum Gasteiger partial charge on any atom is 0.228 e. The molecule has 0 spiro atoms. The summed E-state index contributed by atoms with van der Waals surface area (Å²) in [6.07, 6.45) is 4.95. The van der Waals surface area contributed by atoms with E-state index in [1.807, 2.05) is 18.2 Å². The van der Waals surface area contributed by atoms with Gasteiger partial charge in [-0.1, -0.05) is 6.07 Å². The molecule has 4 rings (SSSR count). The van der Waals surface area contributed by atoms with Crippen LogP contribution in [0, 0.1) is 5.82 Å². The first-order valence-corrected chi connectivity index (χ1v) is 7.88. The van der Waals surface area contributed by atoms with Crippen LogP contribution in [-0.2, 0) is 0 Å². The molecule has 7 heteroatoms. The van der Waals surface area contributed by atoms with E-state index in [4.69, 9.17) is 0 Å². The lowest BCUT2D eigenvalue weighted by atomic mass is 10.1. The predicted molar refractivity (Wildman–Crippen MR) is 96.0 cm³/mol. The molecule has 1 aromatic carbocycles. The largest absolute Gasteiger partial charge is 0.309 e. The Labute approximate surface area is 148 Å². The summed E-state index contributed by atoms with van der Waals surface area (Å²) >= 11 is 0. The zero-order chi connectivity index (χ0) is 17.8. The molecule has 26 heavy (non-hydrogen) atoms. The zero-order valence-electron chi connectivity index (χ0n) is 13.5. The van der Waals surface area contributed by atoms with Gasteiger partial charge >= 0.3 is 0 Å². The molecule has 0 aliphatic heterocycles. The lowest BCUT2D eigenvalue weighted by Crippen LogP contribution is -2.02. The molecule has 126 valence electrons. The molecule has 0 saturated carbocycles. The van der Waals surface area contributed by atoms with E-state index in [0.29, 0.717) is 29.0 Å². The number of nitrogens with zero attached hydrogens (tertiary/aromatic N) is 5. The van der Waals surface area contributed by atoms with E-state index in [1.165, 1.54) is 12.1 Å². The fourth-order valence-electron chi connectivity index (χ4n) is 2.37. The number of hydrogen-bond acceptors (Lipinski definition) is 6. The highest BCUT2D eigenvalue weighted by Crippen LogP contribution is 2.24. The minimum atomic E-state index is -0.302. The molecule has 0 unspecified atom stereocenters. The van der Waals surface area contributed by atoms with E-state index in [-0.39, 0.29) is 5.82 Å². The second-order valence-corrected chi connectivity index (χ2v) is 5.38. The summed E-state index contributed by atoms with van der Waals surface area (Å²) in [6.45, 7) is 0. The monoisotopic (exact) mass is 344 g/mol. The molecule has 6 nitrogen and oxygen atoms in total. The van der Waals surface area contributed by atoms with Crippen LogP contribution in [0.3, 0.4) is 0 Å². The SMILES string of the molecule is Fc1ccc(-c2cc(Nc3ncccn3)nc(-c3ccccn3)n2)cc1. The summed E-state index contributed by atoms with van der Waals surface area (Å²) in [5, 5.41) is 3.06. The molecule has 3 aromatic heterocycles. The van der Waals surface area contributed by atoms with Crippen LogP contribution in [0.15, 0.2) is 73.2 Å². The molecule has 0 aliphatic carbocycles. The molecule has 0 aliphatic rings. The van der Waals surface area contributed by atoms with Crippen LogP contribution in [0.1, 0.15) is 0 Å². The van der Waals surface area contributed by atoms with Gasteiger partial charge in [0, 0.05) is 30.2 Å². The molecular formula is C19H13FN6. The van der Waals surface area contributed by atoms with Gasteiger partial charge in [0.2, 0.25) is 5.95 Å². The second kappa shape index (κ2) is 7.02. The highest BCUT2D eigenvalue weighted by atomic mass is 19.1. The summed E-state index contributed by atoms with van der Waals surface area (Å²) in [5.74, 6) is 1.09. The highest BCUT2D eigenvalue weighted by Gasteiger charge is 2.10. The summed E-state index contributed by atoms with van der Waals surface area (Å²) < 4.78 is 13.2. The number of benzene rings is 1. The maximum atomic E-state index is 13.2. The second-order valence-electron chi connectivity index (χ2n) is 5.38. The number of hydrogen-bond donors (Lipinski definition) is 1. The van der Waals surface area contributed by atoms with Crippen LogP contribution >= 0.6 is 0 Å². The van der Waals surface area contributed by atoms with Crippen LogP contribution in [0.2, 0.25) is 0 Å². The molecule has 0 radical (unpaired) electrons. The molecular weight excluding hydrogens is 331 g/mol. The number of rotatable bonds is 4. The minimum absolute atomic E-state index is 0.302. The normalized spacial score (nSPS) is 10.5. The zero-order valence-corrected chi connectivity index (χ0v) is 13.5. The molecule has 0 bridgehead atoms. The van der Waals surface area contributed by atoms with E-state index in [2.05, 4.69) is 30.2 Å². The average molecular weight is 344 g/mol. The summed E-state index contributed by atoms with van der Waals surface area (Å²) in [4.78, 5) is 21.7. The third kappa shape index (κ3) is 3.51. The fraction of sp³-hybridized carbons (Fsp3) is 0. The van der Waals surface area contributed by atoms with Crippen molar-refractivity contribution in [2.75, 3.05) is 5.32 Å². The van der Waals surface area contributed by atoms with E-state index in [0.717, 1.165) is 5.56 Å². The molecule has 1 N–H and O–H groups in total. The Balaban J connectivity index is 1.80. The van der Waals surface area contributed by atoms with Crippen molar-refractivity contribution >= 4 is 11.8 Å². The minimum Gasteiger partial charge on any atom is -0.309 e. The topological polar surface area (TPSA) is 76.5 Å². The number of nitrogens with one attached hydrogen (secondary N) is 1. The molecule has 0 amide bonds. The average Bonchev–Trinajstić information content (AvgIpc) is 2.70. The van der Waals surface area contributed by atoms with Crippen LogP contribution in [0.4, 0.5) is 16.2 Å². The van der Waals surface area contributed by atoms with Gasteiger partial charge in [-0.2, -0.15) is 0 Å². The van der Waals surface area contributed by atoms with Crippen molar-refractivity contribution in [3.05, 3.63) is 79.0 Å². The lowest BCUT2D eigenvalue weighted by molar-refractivity contribution is 0.628. The Morgan fingerprint density at radius 1 is 0.731 bits per heavy atom. The van der Waals surface area contributed by atoms with Crippen molar-refractivity contribution in [1.82, 2.24) is 24.9 Å². The van der Waals surface area contributed by atoms with Gasteiger partial charge in [0.05, 0.1) is 5.69 Å². The van der Waals surface area contributed by atoms with Gasteiger partial charge in [-0.25, -0.2) is 24.3 Å². The summed E-state index contributed by atoms with van der Waals surface area (Å²) in [5.41, 5.74) is 2.04. The lowest BCUT2D eigenvalue weighted by Gasteiger charge is -2.09. The van der Waals surface area contributed by atoms with Crippen molar-refractivity contribution in [3.63, 3.8) is 0 Å². The van der Waals surface area contributed by atoms with Gasteiger partial charge in [0.1, 0.15) is 17.3 Å². The first kappa shape index (κ1) is 15.8. The van der Waals surface area contributed by atoms with Gasteiger partial charge < -0.3 is 5.32 Å². The van der Waals surface area contributed by atoms with E-state index < -0.39 is 0 Å². The number of anilines is 2. The Hall–Kier alpha value is -3.74. The van der Waals surface area contributed by atoms with Crippen LogP contribution in [0.25, 0.3) is 22.8 Å². The summed E-state index contributed by atoms with van der Waals surface area (Å²) in [6, 6.07) is 15.1. The molecule has 0 fully saturated rings. The standard InChI is InChI=1S/C19H13FN6/c20-14-7-5-13(6-8-14)16-12-17(26-19-22-10-3-11-23-19)25-18(24-16)15-4-1-2-9-21-15/h1-12H,(H,22,23,24,25,26). The first-order chi connectivity index (χ1) is 12.8. The van der Waals surface area contributed by atoms with Gasteiger partial charge in [0.25, 0.3) is 0 Å². The van der Waals surface area contributed by atoms with Crippen molar-refractivity contribution in [2.24, 2.45) is 0 Å². The Kier molecular flexibility index (Phi) is 4.26. The Morgan fingerprint density at radius 2 is 1.50 bits per heavy atom. The van der Waals surface area contributed by atoms with Gasteiger partial charge in [0.15, 0.2) is 5.82 Å². The molecule has 0 saturated heterocycles. The van der Waals surface area contributed by atoms with Crippen molar-refractivity contribution in [1.29, 1.82) is 0 Å². The van der Waals surface area contributed by atoms with Crippen molar-refractivity contribution in [3.8, 4) is 22.8 Å². The Morgan fingerprint density at radius 3 is 2.23 bits per heavy atom. The van der Waals surface area contributed by atoms with Crippen LogP contribution in [-0.4, -0.2) is 24.9 Å². The molecule has 3 heterocycles. The first-order valence-electron chi connectivity index (χ1n) is 7.88. The number of pyridine rings is 1. The number of aromatic nitrogens is 5. The van der Waals surface area contributed by atoms with E-state index in [9.17, 15) is 4.39 Å². The van der Waals surface area contributed by atoms with E-state index in [1.54, 1.807) is 42.9 Å². The Bertz CT molecular complexity index is 1010. The maximum absolute atomic E-state index is 13.2. The van der Waals surface area contributed by atoms with Gasteiger partial charge in [-0.05, 0) is 42.5 Å². The van der Waals surface area contributed by atoms with Crippen molar-refractivity contribution < 1.29 is 4.39 Å². The van der Waals surface area contributed by atoms with Crippen LogP contribution in [0.5, 0.6) is 0 Å². The molecule has 0 atom stereocenters. The summed E-state index contributed by atoms with van der Waals surface area (Å²) in [7, 11) is 0. The number of halogens is 1. The van der Waals surface area contributed by atoms with Crippen molar-refractivity contribution in [2.45, 2.75) is 0 Å². The smallest absolute Gasteiger partial charge is 0.228 e. The molecule has 4 aromatic rings. The van der Waals surface area contributed by atoms with Gasteiger partial charge in [-0.3, -0.25) is 4.98 Å². The fourth-order valence-corrected chi connectivity index (χ4v) is 2.37. The third-order valence-corrected chi connectivity index (χ3v) is 3.57. The highest BCUT2D eigenvalue weighted by molar-refractivity contribution is 5.67. The van der Waals surface area contributed by atoms with E-state index >= 15 is 0 Å². The third-order valence-electron chi connectivity index (χ3n) is 3.57. The van der Waals surface area contributed by atoms with Gasteiger partial charge in [-0.15, -0.1) is 0 Å². The quantitative estimate of drug-likeness (QED) is 0.605. The van der Waals surface area contributed by atoms with Crippen LogP contribution < -0.4 is 5.32 Å². The predicted octanol–water partition coefficient (Wildman–Crippen LogP) is 3.88.